The lowest BCUT2D eigenvalue weighted by atomic mass is 10.0. The van der Waals surface area contributed by atoms with Gasteiger partial charge >= 0.3 is 0 Å². The van der Waals surface area contributed by atoms with Crippen LogP contribution in [0.4, 0.5) is 0 Å². The second kappa shape index (κ2) is 8.70. The Morgan fingerprint density at radius 3 is 2.57 bits per heavy atom. The highest BCUT2D eigenvalue weighted by Crippen LogP contribution is 2.31. The molecule has 0 aromatic carbocycles. The van der Waals surface area contributed by atoms with Crippen LogP contribution in [0.2, 0.25) is 0 Å². The van der Waals surface area contributed by atoms with E-state index in [1.165, 1.54) is 11.1 Å². The number of aromatic amines is 1. The summed E-state index contributed by atoms with van der Waals surface area (Å²) < 4.78 is 0. The lowest BCUT2D eigenvalue weighted by molar-refractivity contribution is 0.630. The van der Waals surface area contributed by atoms with E-state index < -0.39 is 0 Å². The molecule has 0 radical (unpaired) electrons. The third-order valence-electron chi connectivity index (χ3n) is 5.10. The van der Waals surface area contributed by atoms with Gasteiger partial charge in [0, 0.05) is 17.3 Å². The van der Waals surface area contributed by atoms with Crippen molar-refractivity contribution in [1.29, 1.82) is 0 Å². The fourth-order valence-corrected chi connectivity index (χ4v) is 3.60. The molecule has 0 spiro atoms. The first-order valence-corrected chi connectivity index (χ1v) is 9.60. The third-order valence-corrected chi connectivity index (χ3v) is 5.10. The molecule has 0 bridgehead atoms. The molecule has 2 aliphatic rings. The first-order chi connectivity index (χ1) is 13.5. The van der Waals surface area contributed by atoms with Gasteiger partial charge in [-0.15, -0.1) is 0 Å². The SMILES string of the molecule is C=C/C(C)=C(\C=C/C)c1cc(C(=C)NC2CC3=C(C=CCC=C3)C2)c(=O)[nH]n1. The Labute approximate surface area is 166 Å². The zero-order chi connectivity index (χ0) is 20.1. The zero-order valence-corrected chi connectivity index (χ0v) is 16.6. The minimum atomic E-state index is -0.246. The molecule has 2 aliphatic carbocycles. The monoisotopic (exact) mass is 373 g/mol. The topological polar surface area (TPSA) is 57.8 Å². The predicted molar refractivity (Wildman–Crippen MR) is 118 cm³/mol. The predicted octanol–water partition coefficient (Wildman–Crippen LogP) is 4.84. The van der Waals surface area contributed by atoms with E-state index in [2.05, 4.69) is 53.0 Å². The van der Waals surface area contributed by atoms with Gasteiger partial charge in [-0.25, -0.2) is 5.10 Å². The van der Waals surface area contributed by atoms with Gasteiger partial charge < -0.3 is 5.32 Å². The zero-order valence-electron chi connectivity index (χ0n) is 16.6. The van der Waals surface area contributed by atoms with Crippen LogP contribution in [-0.4, -0.2) is 16.2 Å². The molecular formula is C24H27N3O. The number of hydrogen-bond acceptors (Lipinski definition) is 3. The Balaban J connectivity index is 1.82. The van der Waals surface area contributed by atoms with Gasteiger partial charge in [-0.05, 0) is 55.9 Å². The van der Waals surface area contributed by atoms with Crippen LogP contribution in [0.25, 0.3) is 11.3 Å². The van der Waals surface area contributed by atoms with Crippen molar-refractivity contribution >= 4 is 11.3 Å². The fraction of sp³-hybridized carbons (Fsp3) is 0.250. The molecule has 2 N–H and O–H groups in total. The molecule has 0 amide bonds. The van der Waals surface area contributed by atoms with Crippen LogP contribution < -0.4 is 10.9 Å². The van der Waals surface area contributed by atoms with Crippen LogP contribution in [0.5, 0.6) is 0 Å². The van der Waals surface area contributed by atoms with Gasteiger partial charge in [-0.1, -0.05) is 55.7 Å². The van der Waals surface area contributed by atoms with Crippen molar-refractivity contribution in [2.75, 3.05) is 0 Å². The van der Waals surface area contributed by atoms with Crippen LogP contribution in [0.15, 0.2) is 83.3 Å². The highest BCUT2D eigenvalue weighted by molar-refractivity contribution is 5.77. The first-order valence-electron chi connectivity index (χ1n) is 9.60. The van der Waals surface area contributed by atoms with Crippen molar-refractivity contribution in [2.45, 2.75) is 39.2 Å². The first kappa shape index (κ1) is 19.6. The van der Waals surface area contributed by atoms with E-state index in [9.17, 15) is 4.79 Å². The number of nitrogens with zero attached hydrogens (tertiary/aromatic N) is 1. The van der Waals surface area contributed by atoms with Gasteiger partial charge in [0.1, 0.15) is 0 Å². The van der Waals surface area contributed by atoms with Crippen LogP contribution in [0, 0.1) is 0 Å². The highest BCUT2D eigenvalue weighted by atomic mass is 16.1. The van der Waals surface area contributed by atoms with Crippen molar-refractivity contribution in [3.05, 3.63) is 100 Å². The lowest BCUT2D eigenvalue weighted by Crippen LogP contribution is -2.28. The molecular weight excluding hydrogens is 346 g/mol. The summed E-state index contributed by atoms with van der Waals surface area (Å²) >= 11 is 0. The number of allylic oxidation sites excluding steroid dienone is 9. The molecule has 0 saturated heterocycles. The maximum Gasteiger partial charge on any atom is 0.273 e. The molecule has 0 aliphatic heterocycles. The number of hydrogen-bond donors (Lipinski definition) is 2. The van der Waals surface area contributed by atoms with Crippen molar-refractivity contribution in [3.8, 4) is 0 Å². The maximum atomic E-state index is 12.4. The Bertz CT molecular complexity index is 975. The van der Waals surface area contributed by atoms with E-state index in [0.29, 0.717) is 17.0 Å². The molecule has 28 heavy (non-hydrogen) atoms. The highest BCUT2D eigenvalue weighted by Gasteiger charge is 2.23. The van der Waals surface area contributed by atoms with Crippen molar-refractivity contribution in [1.82, 2.24) is 15.5 Å². The van der Waals surface area contributed by atoms with Crippen LogP contribution in [0.1, 0.15) is 44.4 Å². The summed E-state index contributed by atoms with van der Waals surface area (Å²) in [6.07, 6.45) is 17.3. The third kappa shape index (κ3) is 4.22. The fourth-order valence-electron chi connectivity index (χ4n) is 3.60. The second-order valence-corrected chi connectivity index (χ2v) is 7.12. The van der Waals surface area contributed by atoms with E-state index in [1.54, 1.807) is 12.1 Å². The van der Waals surface area contributed by atoms with Crippen LogP contribution in [0.3, 0.4) is 0 Å². The second-order valence-electron chi connectivity index (χ2n) is 7.12. The normalized spacial score (nSPS) is 17.5. The number of H-pyrrole nitrogens is 1. The summed E-state index contributed by atoms with van der Waals surface area (Å²) in [7, 11) is 0. The van der Waals surface area contributed by atoms with Crippen molar-refractivity contribution < 1.29 is 0 Å². The minimum Gasteiger partial charge on any atom is -0.381 e. The summed E-state index contributed by atoms with van der Waals surface area (Å²) in [5.74, 6) is 0. The molecule has 0 unspecified atom stereocenters. The van der Waals surface area contributed by atoms with Crippen molar-refractivity contribution in [3.63, 3.8) is 0 Å². The smallest absolute Gasteiger partial charge is 0.273 e. The molecule has 1 heterocycles. The standard InChI is InChI=1S/C24H27N3O/c1-5-10-21(16(3)6-2)23-15-22(24(28)27-26-23)17(4)25-20-13-18-11-8-7-9-12-19(18)14-20/h5-6,8-12,15,20,25H,2,4,7,13-14H2,1,3H3,(H,27,28)/b10-5-,21-16+. The molecule has 0 saturated carbocycles. The molecule has 3 rings (SSSR count). The molecule has 0 atom stereocenters. The Morgan fingerprint density at radius 1 is 1.29 bits per heavy atom. The van der Waals surface area contributed by atoms with Crippen LogP contribution >= 0.6 is 0 Å². The lowest BCUT2D eigenvalue weighted by Gasteiger charge is -2.17. The molecule has 4 nitrogen and oxygen atoms in total. The summed E-state index contributed by atoms with van der Waals surface area (Å²) in [5.41, 5.74) is 6.22. The van der Waals surface area contributed by atoms with Crippen molar-refractivity contribution in [2.24, 2.45) is 0 Å². The van der Waals surface area contributed by atoms with Gasteiger partial charge in [-0.2, -0.15) is 5.10 Å². The molecule has 144 valence electrons. The summed E-state index contributed by atoms with van der Waals surface area (Å²) in [4.78, 5) is 12.4. The van der Waals surface area contributed by atoms with Gasteiger partial charge in [0.15, 0.2) is 0 Å². The number of nitrogens with one attached hydrogen (secondary N) is 2. The van der Waals surface area contributed by atoms with Gasteiger partial charge in [0.25, 0.3) is 5.56 Å². The average molecular weight is 374 g/mol. The quantitative estimate of drug-likeness (QED) is 0.702. The van der Waals surface area contributed by atoms with E-state index in [1.807, 2.05) is 26.0 Å². The van der Waals surface area contributed by atoms with Crippen LogP contribution in [-0.2, 0) is 0 Å². The minimum absolute atomic E-state index is 0.237. The van der Waals surface area contributed by atoms with Gasteiger partial charge in [0.2, 0.25) is 0 Å². The Hall–Kier alpha value is -3.14. The largest absolute Gasteiger partial charge is 0.381 e. The maximum absolute atomic E-state index is 12.4. The van der Waals surface area contributed by atoms with E-state index in [0.717, 1.165) is 30.4 Å². The van der Waals surface area contributed by atoms with Gasteiger partial charge in [0.05, 0.1) is 11.3 Å². The molecule has 1 aromatic heterocycles. The number of rotatable bonds is 6. The van der Waals surface area contributed by atoms with E-state index >= 15 is 0 Å². The molecule has 4 heteroatoms. The Kier molecular flexibility index (Phi) is 6.09. The number of aromatic nitrogens is 2. The summed E-state index contributed by atoms with van der Waals surface area (Å²) in [5, 5.41) is 10.3. The van der Waals surface area contributed by atoms with E-state index in [-0.39, 0.29) is 11.6 Å². The Morgan fingerprint density at radius 2 is 1.96 bits per heavy atom. The summed E-state index contributed by atoms with van der Waals surface area (Å²) in [6.45, 7) is 11.9. The average Bonchev–Trinajstić information content (AvgIpc) is 2.93. The molecule has 0 fully saturated rings. The summed E-state index contributed by atoms with van der Waals surface area (Å²) in [6, 6.07) is 2.03. The van der Waals surface area contributed by atoms with E-state index in [4.69, 9.17) is 0 Å². The van der Waals surface area contributed by atoms with Gasteiger partial charge in [-0.3, -0.25) is 4.79 Å². The molecule has 1 aromatic rings.